The third kappa shape index (κ3) is 6.72. The molecule has 0 aliphatic carbocycles. The quantitative estimate of drug-likeness (QED) is 0.280. The minimum absolute atomic E-state index is 0.0541. The van der Waals surface area contributed by atoms with Gasteiger partial charge in [-0.05, 0) is 48.5 Å². The molecule has 0 bridgehead atoms. The Morgan fingerprint density at radius 2 is 1.32 bits per heavy atom. The predicted octanol–water partition coefficient (Wildman–Crippen LogP) is 1.83. The van der Waals surface area contributed by atoms with Crippen LogP contribution in [0.2, 0.25) is 0 Å². The van der Waals surface area contributed by atoms with Crippen molar-refractivity contribution in [2.75, 3.05) is 19.7 Å². The van der Waals surface area contributed by atoms with Gasteiger partial charge in [0.15, 0.2) is 0 Å². The van der Waals surface area contributed by atoms with Crippen molar-refractivity contribution in [2.45, 2.75) is 65.6 Å². The van der Waals surface area contributed by atoms with E-state index in [1.165, 1.54) is 0 Å². The number of rotatable bonds is 10. The maximum atomic E-state index is 8.90. The zero-order valence-electron chi connectivity index (χ0n) is 14.9. The molecule has 0 aromatic carbocycles. The van der Waals surface area contributed by atoms with Crippen molar-refractivity contribution >= 4 is 11.4 Å². The van der Waals surface area contributed by atoms with Gasteiger partial charge < -0.3 is 25.8 Å². The Kier molecular flexibility index (Phi) is 8.58. The van der Waals surface area contributed by atoms with Crippen LogP contribution in [-0.2, 0) is 4.74 Å². The van der Waals surface area contributed by atoms with Crippen LogP contribution in [0.1, 0.15) is 48.5 Å². The van der Waals surface area contributed by atoms with Gasteiger partial charge in [0.2, 0.25) is 0 Å². The minimum Gasteiger partial charge on any atom is -0.411 e. The highest BCUT2D eigenvalue weighted by Gasteiger charge is 2.26. The summed E-state index contributed by atoms with van der Waals surface area (Å²) in [7, 11) is 0. The van der Waals surface area contributed by atoms with Crippen LogP contribution >= 0.6 is 0 Å². The van der Waals surface area contributed by atoms with Crippen molar-refractivity contribution in [1.29, 1.82) is 0 Å². The molecule has 0 unspecified atom stereocenters. The van der Waals surface area contributed by atoms with Gasteiger partial charge in [0.05, 0.1) is 28.6 Å². The van der Waals surface area contributed by atoms with Gasteiger partial charge >= 0.3 is 0 Å². The first-order valence-electron chi connectivity index (χ1n) is 7.60. The lowest BCUT2D eigenvalue weighted by Gasteiger charge is -2.31. The molecule has 4 N–H and O–H groups in total. The molecule has 130 valence electrons. The summed E-state index contributed by atoms with van der Waals surface area (Å²) in [5, 5.41) is 31.0. The van der Waals surface area contributed by atoms with E-state index in [9.17, 15) is 0 Å². The van der Waals surface area contributed by atoms with Crippen LogP contribution < -0.4 is 10.6 Å². The number of hydrogen-bond donors (Lipinski definition) is 4. The molecule has 0 saturated carbocycles. The van der Waals surface area contributed by atoms with Gasteiger partial charge in [0.1, 0.15) is 0 Å². The Bertz CT molecular complexity index is 358. The molecule has 7 nitrogen and oxygen atoms in total. The van der Waals surface area contributed by atoms with Crippen LogP contribution in [0.3, 0.4) is 0 Å². The summed E-state index contributed by atoms with van der Waals surface area (Å²) in [5.74, 6) is 0. The number of oxime groups is 2. The molecule has 0 aliphatic heterocycles. The molecule has 7 heteroatoms. The van der Waals surface area contributed by atoms with Crippen molar-refractivity contribution in [2.24, 2.45) is 10.3 Å². The minimum atomic E-state index is -0.415. The monoisotopic (exact) mass is 316 g/mol. The number of hydrogen-bond acceptors (Lipinski definition) is 7. The van der Waals surface area contributed by atoms with Gasteiger partial charge in [-0.1, -0.05) is 10.3 Å². The van der Waals surface area contributed by atoms with E-state index >= 15 is 0 Å². The molecule has 0 heterocycles. The second-order valence-electron chi connectivity index (χ2n) is 6.46. The first-order valence-corrected chi connectivity index (χ1v) is 7.60. The number of nitrogens with one attached hydrogen (secondary N) is 2. The predicted molar refractivity (Wildman–Crippen MR) is 89.4 cm³/mol. The average molecular weight is 316 g/mol. The second kappa shape index (κ2) is 9.07. The molecular formula is C15H32N4O3. The van der Waals surface area contributed by atoms with Gasteiger partial charge in [-0.25, -0.2) is 0 Å². The van der Waals surface area contributed by atoms with Crippen LogP contribution in [0.4, 0.5) is 0 Å². The summed E-state index contributed by atoms with van der Waals surface area (Å²) in [5.41, 5.74) is 0.392. The molecule has 22 heavy (non-hydrogen) atoms. The molecule has 0 radical (unpaired) electrons. The maximum absolute atomic E-state index is 8.90. The van der Waals surface area contributed by atoms with E-state index in [0.717, 1.165) is 0 Å². The van der Waals surface area contributed by atoms with E-state index in [1.54, 1.807) is 13.8 Å². The summed E-state index contributed by atoms with van der Waals surface area (Å²) in [4.78, 5) is 0. The lowest BCUT2D eigenvalue weighted by molar-refractivity contribution is 0.0568. The van der Waals surface area contributed by atoms with Crippen molar-refractivity contribution in [3.8, 4) is 0 Å². The topological polar surface area (TPSA) is 98.5 Å². The van der Waals surface area contributed by atoms with Crippen molar-refractivity contribution in [1.82, 2.24) is 10.6 Å². The molecule has 0 amide bonds. The molecule has 0 aliphatic rings. The second-order valence-corrected chi connectivity index (χ2v) is 6.46. The van der Waals surface area contributed by atoms with E-state index in [-0.39, 0.29) is 6.10 Å². The summed E-state index contributed by atoms with van der Waals surface area (Å²) < 4.78 is 5.73. The van der Waals surface area contributed by atoms with Crippen LogP contribution in [-0.4, -0.2) is 58.7 Å². The molecular weight excluding hydrogens is 284 g/mol. The highest BCUT2D eigenvalue weighted by molar-refractivity contribution is 5.90. The third-order valence-electron chi connectivity index (χ3n) is 4.05. The fourth-order valence-corrected chi connectivity index (χ4v) is 1.67. The molecule has 0 spiro atoms. The number of nitrogens with zero attached hydrogens (tertiary/aromatic N) is 2. The van der Waals surface area contributed by atoms with Crippen molar-refractivity contribution in [3.63, 3.8) is 0 Å². The van der Waals surface area contributed by atoms with Gasteiger partial charge in [-0.2, -0.15) is 0 Å². The molecule has 0 rings (SSSR count). The summed E-state index contributed by atoms with van der Waals surface area (Å²) in [6, 6.07) is 0. The van der Waals surface area contributed by atoms with E-state index in [2.05, 4.69) is 20.9 Å². The summed E-state index contributed by atoms with van der Waals surface area (Å²) in [6.45, 7) is 15.1. The SMILES string of the molecule is CCOC(CNC(C)(C)/C(C)=N/O)CNC(C)(C)/C(C)=N/O. The Balaban J connectivity index is 4.63. The van der Waals surface area contributed by atoms with Gasteiger partial charge in [0.25, 0.3) is 0 Å². The number of ether oxygens (including phenoxy) is 1. The van der Waals surface area contributed by atoms with E-state index in [0.29, 0.717) is 31.1 Å². The lowest BCUT2D eigenvalue weighted by Crippen LogP contribution is -2.53. The molecule has 0 aromatic heterocycles. The Morgan fingerprint density at radius 3 is 1.59 bits per heavy atom. The van der Waals surface area contributed by atoms with Crippen molar-refractivity contribution in [3.05, 3.63) is 0 Å². The zero-order chi connectivity index (χ0) is 17.4. The van der Waals surface area contributed by atoms with Crippen LogP contribution in [0.15, 0.2) is 10.3 Å². The van der Waals surface area contributed by atoms with Crippen LogP contribution in [0.5, 0.6) is 0 Å². The maximum Gasteiger partial charge on any atom is 0.0824 e. The summed E-state index contributed by atoms with van der Waals surface area (Å²) >= 11 is 0. The zero-order valence-corrected chi connectivity index (χ0v) is 14.9. The highest BCUT2D eigenvalue weighted by atomic mass is 16.5. The Hall–Kier alpha value is -1.18. The average Bonchev–Trinajstić information content (AvgIpc) is 2.48. The van der Waals surface area contributed by atoms with Crippen LogP contribution in [0.25, 0.3) is 0 Å². The fraction of sp³-hybridized carbons (Fsp3) is 0.867. The Morgan fingerprint density at radius 1 is 0.955 bits per heavy atom. The van der Waals surface area contributed by atoms with Gasteiger partial charge in [0, 0.05) is 19.7 Å². The van der Waals surface area contributed by atoms with Crippen LogP contribution in [0, 0.1) is 0 Å². The Labute approximate surface area is 133 Å². The van der Waals surface area contributed by atoms with Gasteiger partial charge in [-0.3, -0.25) is 0 Å². The summed E-state index contributed by atoms with van der Waals surface area (Å²) in [6.07, 6.45) is -0.0541. The molecule has 0 saturated heterocycles. The fourth-order valence-electron chi connectivity index (χ4n) is 1.67. The normalized spacial score (nSPS) is 14.7. The first-order chi connectivity index (χ1) is 10.1. The van der Waals surface area contributed by atoms with E-state index < -0.39 is 11.1 Å². The smallest absolute Gasteiger partial charge is 0.0824 e. The molecule has 0 atom stereocenters. The van der Waals surface area contributed by atoms with Gasteiger partial charge in [-0.15, -0.1) is 0 Å². The highest BCUT2D eigenvalue weighted by Crippen LogP contribution is 2.08. The largest absolute Gasteiger partial charge is 0.411 e. The van der Waals surface area contributed by atoms with E-state index in [4.69, 9.17) is 15.2 Å². The van der Waals surface area contributed by atoms with E-state index in [1.807, 2.05) is 34.6 Å². The third-order valence-corrected chi connectivity index (χ3v) is 4.05. The molecule has 0 aromatic rings. The first kappa shape index (κ1) is 20.8. The lowest BCUT2D eigenvalue weighted by atomic mass is 9.98. The van der Waals surface area contributed by atoms with Crippen molar-refractivity contribution < 1.29 is 15.2 Å². The molecule has 0 fully saturated rings. The standard InChI is InChI=1S/C15H32N4O3/c1-8-22-13(9-16-14(4,5)11(2)18-20)10-17-15(6,7)12(3)19-21/h13,16-17,20-21H,8-10H2,1-7H3/b18-11+,19-12+.